The van der Waals surface area contributed by atoms with Gasteiger partial charge in [-0.2, -0.15) is 5.10 Å². The van der Waals surface area contributed by atoms with Gasteiger partial charge in [0.1, 0.15) is 5.82 Å². The van der Waals surface area contributed by atoms with Gasteiger partial charge >= 0.3 is 0 Å². The summed E-state index contributed by atoms with van der Waals surface area (Å²) in [6.45, 7) is 6.38. The van der Waals surface area contributed by atoms with E-state index in [0.29, 0.717) is 6.42 Å². The predicted octanol–water partition coefficient (Wildman–Crippen LogP) is 5.47. The van der Waals surface area contributed by atoms with E-state index in [9.17, 15) is 9.50 Å². The van der Waals surface area contributed by atoms with E-state index in [0.717, 1.165) is 33.8 Å². The zero-order chi connectivity index (χ0) is 19.2. The molecule has 2 heterocycles. The Balaban J connectivity index is 1.64. The molecule has 4 rings (SSSR count). The maximum absolute atomic E-state index is 13.2. The first-order chi connectivity index (χ1) is 12.9. The number of fused-ring (bicyclic) bond motifs is 1. The Bertz CT molecular complexity index is 1000. The summed E-state index contributed by atoms with van der Waals surface area (Å²) in [4.78, 5) is 1.05. The van der Waals surface area contributed by atoms with Gasteiger partial charge in [-0.3, -0.25) is 0 Å². The van der Waals surface area contributed by atoms with Crippen LogP contribution in [0.3, 0.4) is 0 Å². The van der Waals surface area contributed by atoms with Crippen LogP contribution in [0.2, 0.25) is 0 Å². The fourth-order valence-corrected chi connectivity index (χ4v) is 4.80. The first kappa shape index (κ1) is 18.1. The standard InChI is InChI=1S/C22H23FN2OS/c1-14-8-9-27-21(14)20(26)12-22(3)11-16-13-24-25(19(16)10-15(22)2)18-6-4-17(23)5-7-18/h4-10,13,20,26H,11-12H2,1-3H3/t20?,22-/m0/s1. The Labute approximate surface area is 162 Å². The molecule has 0 aliphatic heterocycles. The van der Waals surface area contributed by atoms with Crippen molar-refractivity contribution in [2.45, 2.75) is 39.7 Å². The number of benzene rings is 1. The Morgan fingerprint density at radius 2 is 2.00 bits per heavy atom. The van der Waals surface area contributed by atoms with Crippen LogP contribution in [0.5, 0.6) is 0 Å². The van der Waals surface area contributed by atoms with Crippen LogP contribution in [0.25, 0.3) is 11.8 Å². The number of aliphatic hydroxyl groups excluding tert-OH is 1. The summed E-state index contributed by atoms with van der Waals surface area (Å²) in [6, 6.07) is 8.44. The Morgan fingerprint density at radius 3 is 2.67 bits per heavy atom. The Hall–Kier alpha value is -2.24. The lowest BCUT2D eigenvalue weighted by atomic mass is 9.70. The number of hydrogen-bond donors (Lipinski definition) is 1. The van der Waals surface area contributed by atoms with Gasteiger partial charge in [0.15, 0.2) is 0 Å². The van der Waals surface area contributed by atoms with Crippen molar-refractivity contribution in [3.05, 3.63) is 75.0 Å². The highest BCUT2D eigenvalue weighted by Crippen LogP contribution is 2.45. The molecule has 1 aliphatic rings. The van der Waals surface area contributed by atoms with E-state index in [1.165, 1.54) is 17.7 Å². The molecule has 2 aromatic heterocycles. The number of allylic oxidation sites excluding steroid dienone is 1. The number of aliphatic hydroxyl groups is 1. The molecule has 0 saturated carbocycles. The second-order valence-corrected chi connectivity index (χ2v) is 8.64. The molecule has 3 aromatic rings. The van der Waals surface area contributed by atoms with E-state index in [1.807, 2.05) is 23.2 Å². The fourth-order valence-electron chi connectivity index (χ4n) is 3.89. The first-order valence-electron chi connectivity index (χ1n) is 9.11. The Morgan fingerprint density at radius 1 is 1.26 bits per heavy atom. The summed E-state index contributed by atoms with van der Waals surface area (Å²) in [7, 11) is 0. The maximum Gasteiger partial charge on any atom is 0.123 e. The van der Waals surface area contributed by atoms with Crippen molar-refractivity contribution in [3.8, 4) is 5.69 Å². The zero-order valence-corrected chi connectivity index (χ0v) is 16.6. The van der Waals surface area contributed by atoms with E-state index >= 15 is 0 Å². The minimum Gasteiger partial charge on any atom is -0.388 e. The zero-order valence-electron chi connectivity index (χ0n) is 15.7. The minimum atomic E-state index is -0.466. The number of hydrogen-bond acceptors (Lipinski definition) is 3. The molecular formula is C22H23FN2OS. The van der Waals surface area contributed by atoms with Gasteiger partial charge in [-0.05, 0) is 85.0 Å². The molecule has 27 heavy (non-hydrogen) atoms. The van der Waals surface area contributed by atoms with Gasteiger partial charge in [-0.1, -0.05) is 12.5 Å². The van der Waals surface area contributed by atoms with Gasteiger partial charge < -0.3 is 5.11 Å². The largest absolute Gasteiger partial charge is 0.388 e. The van der Waals surface area contributed by atoms with Crippen LogP contribution in [-0.2, 0) is 6.42 Å². The molecule has 1 unspecified atom stereocenters. The number of rotatable bonds is 4. The molecule has 3 nitrogen and oxygen atoms in total. The highest BCUT2D eigenvalue weighted by molar-refractivity contribution is 7.10. The third kappa shape index (κ3) is 3.26. The molecule has 2 atom stereocenters. The average molecular weight is 383 g/mol. The number of nitrogens with zero attached hydrogens (tertiary/aromatic N) is 2. The predicted molar refractivity (Wildman–Crippen MR) is 108 cm³/mol. The van der Waals surface area contributed by atoms with Gasteiger partial charge in [0.25, 0.3) is 0 Å². The van der Waals surface area contributed by atoms with E-state index in [2.05, 4.69) is 31.1 Å². The van der Waals surface area contributed by atoms with Crippen LogP contribution in [0.15, 0.2) is 47.5 Å². The normalized spacial score (nSPS) is 20.3. The van der Waals surface area contributed by atoms with Gasteiger partial charge in [0.2, 0.25) is 0 Å². The van der Waals surface area contributed by atoms with Crippen LogP contribution in [-0.4, -0.2) is 14.9 Å². The van der Waals surface area contributed by atoms with E-state index in [-0.39, 0.29) is 11.2 Å². The monoisotopic (exact) mass is 382 g/mol. The molecule has 0 fully saturated rings. The number of thiophene rings is 1. The summed E-state index contributed by atoms with van der Waals surface area (Å²) < 4.78 is 15.1. The first-order valence-corrected chi connectivity index (χ1v) is 9.99. The molecule has 0 saturated heterocycles. The van der Waals surface area contributed by atoms with Crippen LogP contribution >= 0.6 is 11.3 Å². The lowest BCUT2D eigenvalue weighted by molar-refractivity contribution is 0.123. The van der Waals surface area contributed by atoms with Gasteiger partial charge in [-0.15, -0.1) is 11.3 Å². The molecule has 1 N–H and O–H groups in total. The Kier molecular flexibility index (Phi) is 4.52. The van der Waals surface area contributed by atoms with Crippen molar-refractivity contribution in [1.82, 2.24) is 9.78 Å². The highest BCUT2D eigenvalue weighted by atomic mass is 32.1. The average Bonchev–Trinajstić information content (AvgIpc) is 3.22. The number of halogens is 1. The van der Waals surface area contributed by atoms with Crippen LogP contribution < -0.4 is 0 Å². The topological polar surface area (TPSA) is 38.0 Å². The molecule has 5 heteroatoms. The summed E-state index contributed by atoms with van der Waals surface area (Å²) >= 11 is 1.62. The van der Waals surface area contributed by atoms with E-state index < -0.39 is 6.10 Å². The van der Waals surface area contributed by atoms with E-state index in [1.54, 1.807) is 23.5 Å². The van der Waals surface area contributed by atoms with Gasteiger partial charge in [0.05, 0.1) is 23.7 Å². The van der Waals surface area contributed by atoms with Crippen molar-refractivity contribution in [2.24, 2.45) is 5.41 Å². The summed E-state index contributed by atoms with van der Waals surface area (Å²) in [5.41, 5.74) is 5.30. The van der Waals surface area contributed by atoms with E-state index in [4.69, 9.17) is 0 Å². The van der Waals surface area contributed by atoms with Gasteiger partial charge in [-0.25, -0.2) is 9.07 Å². The highest BCUT2D eigenvalue weighted by Gasteiger charge is 2.35. The fraction of sp³-hybridized carbons (Fsp3) is 0.318. The molecule has 0 spiro atoms. The van der Waals surface area contributed by atoms with Gasteiger partial charge in [0, 0.05) is 4.88 Å². The SMILES string of the molecule is CC1=Cc2c(cnn2-c2ccc(F)cc2)C[C@@]1(C)CC(O)c1sccc1C. The second kappa shape index (κ2) is 6.73. The quantitative estimate of drug-likeness (QED) is 0.650. The smallest absolute Gasteiger partial charge is 0.123 e. The molecule has 1 aromatic carbocycles. The van der Waals surface area contributed by atoms with Crippen molar-refractivity contribution < 1.29 is 9.50 Å². The molecule has 140 valence electrons. The summed E-state index contributed by atoms with van der Waals surface area (Å²) in [5.74, 6) is -0.253. The molecule has 0 radical (unpaired) electrons. The maximum atomic E-state index is 13.2. The van der Waals surface area contributed by atoms with Crippen molar-refractivity contribution in [3.63, 3.8) is 0 Å². The molecule has 1 aliphatic carbocycles. The second-order valence-electron chi connectivity index (χ2n) is 7.70. The summed E-state index contributed by atoms with van der Waals surface area (Å²) in [6.07, 6.45) is 5.09. The van der Waals surface area contributed by atoms with Crippen molar-refractivity contribution >= 4 is 17.4 Å². The van der Waals surface area contributed by atoms with Crippen LogP contribution in [0.1, 0.15) is 48.1 Å². The molecule has 0 bridgehead atoms. The lowest BCUT2D eigenvalue weighted by Crippen LogP contribution is -2.27. The van der Waals surface area contributed by atoms with Crippen molar-refractivity contribution in [1.29, 1.82) is 0 Å². The summed E-state index contributed by atoms with van der Waals surface area (Å²) in [5, 5.41) is 17.4. The van der Waals surface area contributed by atoms with Crippen molar-refractivity contribution in [2.75, 3.05) is 0 Å². The third-order valence-electron chi connectivity index (χ3n) is 5.69. The van der Waals surface area contributed by atoms with Crippen LogP contribution in [0, 0.1) is 18.2 Å². The number of aryl methyl sites for hydroxylation is 1. The minimum absolute atomic E-state index is 0.125. The third-order valence-corrected chi connectivity index (χ3v) is 6.81. The van der Waals surface area contributed by atoms with Crippen LogP contribution in [0.4, 0.5) is 4.39 Å². The molecule has 0 amide bonds. The molecular weight excluding hydrogens is 359 g/mol. The lowest BCUT2D eigenvalue weighted by Gasteiger charge is -2.35. The number of aromatic nitrogens is 2.